The van der Waals surface area contributed by atoms with Gasteiger partial charge in [0.25, 0.3) is 0 Å². The molecule has 0 amide bonds. The molecule has 3 atom stereocenters. The van der Waals surface area contributed by atoms with E-state index in [1.807, 2.05) is 0 Å². The molecule has 0 aliphatic carbocycles. The quantitative estimate of drug-likeness (QED) is 0.403. The van der Waals surface area contributed by atoms with Gasteiger partial charge in [0.15, 0.2) is 0 Å². The summed E-state index contributed by atoms with van der Waals surface area (Å²) < 4.78 is 0. The maximum atomic E-state index is 4.43. The van der Waals surface area contributed by atoms with E-state index in [0.29, 0.717) is 10.6 Å². The molecule has 3 unspecified atom stereocenters. The summed E-state index contributed by atoms with van der Waals surface area (Å²) in [5.74, 6) is 1.08. The first-order chi connectivity index (χ1) is 3.67. The van der Waals surface area contributed by atoms with Crippen molar-refractivity contribution in [3.05, 3.63) is 0 Å². The largest absolute Gasteiger partial charge is 0.176 e. The van der Waals surface area contributed by atoms with Crippen molar-refractivity contribution < 1.29 is 0 Å². The zero-order chi connectivity index (χ0) is 5.94. The minimum atomic E-state index is 0.631. The van der Waals surface area contributed by atoms with E-state index in [4.69, 9.17) is 0 Å². The summed E-state index contributed by atoms with van der Waals surface area (Å²) in [5, 5.41) is 1.30. The summed E-state index contributed by atoms with van der Waals surface area (Å²) in [5.41, 5.74) is 0. The Morgan fingerprint density at radius 3 is 2.38 bits per heavy atom. The molecule has 2 heteroatoms. The van der Waals surface area contributed by atoms with Gasteiger partial charge in [0.1, 0.15) is 6.71 Å². The van der Waals surface area contributed by atoms with Crippen LogP contribution in [0.3, 0.4) is 0 Å². The third-order valence-corrected chi connectivity index (χ3v) is 3.74. The molecule has 0 aromatic carbocycles. The highest BCUT2D eigenvalue weighted by molar-refractivity contribution is 7.81. The molecule has 0 radical (unpaired) electrons. The smallest absolute Gasteiger partial charge is 0.149 e. The summed E-state index contributed by atoms with van der Waals surface area (Å²) in [6.45, 7) is 5.66. The molecular formula is C6H11BS. The number of hydrogen-bond acceptors (Lipinski definition) is 1. The number of thiol groups is 1. The summed E-state index contributed by atoms with van der Waals surface area (Å²) in [7, 11) is 0. The van der Waals surface area contributed by atoms with E-state index in [1.165, 1.54) is 6.32 Å². The van der Waals surface area contributed by atoms with E-state index in [2.05, 4.69) is 26.5 Å². The van der Waals surface area contributed by atoms with Gasteiger partial charge in [-0.05, 0) is 10.6 Å². The van der Waals surface area contributed by atoms with Crippen molar-refractivity contribution in [2.75, 3.05) is 0 Å². The van der Waals surface area contributed by atoms with E-state index in [-0.39, 0.29) is 0 Å². The van der Waals surface area contributed by atoms with Crippen molar-refractivity contribution in [3.8, 4) is 0 Å². The lowest BCUT2D eigenvalue weighted by molar-refractivity contribution is 0.668. The first-order valence-electron chi connectivity index (χ1n) is 3.35. The van der Waals surface area contributed by atoms with Crippen molar-refractivity contribution in [1.29, 1.82) is 0 Å². The first kappa shape index (κ1) is 5.22. The molecule has 2 aliphatic rings. The summed E-state index contributed by atoms with van der Waals surface area (Å²) in [6.07, 6.45) is 1.50. The van der Waals surface area contributed by atoms with Crippen LogP contribution < -0.4 is 0 Å². The molecule has 2 rings (SSSR count). The van der Waals surface area contributed by atoms with Crippen molar-refractivity contribution >= 4 is 19.3 Å². The second kappa shape index (κ2) is 1.13. The maximum absolute atomic E-state index is 4.43. The summed E-state index contributed by atoms with van der Waals surface area (Å²) in [4.78, 5) is 0. The van der Waals surface area contributed by atoms with Gasteiger partial charge in [0.2, 0.25) is 0 Å². The Kier molecular flexibility index (Phi) is 0.739. The molecule has 2 saturated heterocycles. The molecule has 0 aromatic rings. The Morgan fingerprint density at radius 2 is 2.38 bits per heavy atom. The molecule has 44 valence electrons. The minimum absolute atomic E-state index is 0.631. The SMILES string of the molecule is CC(S)C1(C)B2CC21. The van der Waals surface area contributed by atoms with E-state index in [0.717, 1.165) is 12.5 Å². The van der Waals surface area contributed by atoms with E-state index in [9.17, 15) is 0 Å². The Hall–Kier alpha value is 0.415. The molecule has 0 spiro atoms. The van der Waals surface area contributed by atoms with Crippen molar-refractivity contribution in [3.63, 3.8) is 0 Å². The monoisotopic (exact) mass is 126 g/mol. The molecule has 0 saturated carbocycles. The lowest BCUT2D eigenvalue weighted by Gasteiger charge is -2.20. The Labute approximate surface area is 56.5 Å². The van der Waals surface area contributed by atoms with Gasteiger partial charge in [-0.15, -0.1) is 0 Å². The van der Waals surface area contributed by atoms with Crippen LogP contribution in [-0.2, 0) is 0 Å². The van der Waals surface area contributed by atoms with Crippen LogP contribution in [0, 0.1) is 0 Å². The van der Waals surface area contributed by atoms with Crippen molar-refractivity contribution in [2.24, 2.45) is 0 Å². The molecule has 8 heavy (non-hydrogen) atoms. The molecule has 0 bridgehead atoms. The van der Waals surface area contributed by atoms with Gasteiger partial charge in [-0.1, -0.05) is 26.0 Å². The summed E-state index contributed by atoms with van der Waals surface area (Å²) in [6, 6.07) is 0. The van der Waals surface area contributed by atoms with E-state index in [1.54, 1.807) is 0 Å². The molecule has 0 nitrogen and oxygen atoms in total. The second-order valence-corrected chi connectivity index (χ2v) is 4.27. The lowest BCUT2D eigenvalue weighted by atomic mass is 9.66. The molecule has 0 N–H and O–H groups in total. The highest BCUT2D eigenvalue weighted by atomic mass is 32.1. The predicted molar refractivity (Wildman–Crippen MR) is 41.1 cm³/mol. The average molecular weight is 126 g/mol. The Balaban J connectivity index is 2.07. The fraction of sp³-hybridized carbons (Fsp3) is 1.00. The number of rotatable bonds is 1. The van der Waals surface area contributed by atoms with Gasteiger partial charge >= 0.3 is 0 Å². The van der Waals surface area contributed by atoms with Crippen LogP contribution in [0.15, 0.2) is 0 Å². The molecule has 2 aliphatic heterocycles. The topological polar surface area (TPSA) is 0 Å². The second-order valence-electron chi connectivity index (χ2n) is 3.49. The number of hydrogen-bond donors (Lipinski definition) is 1. The minimum Gasteiger partial charge on any atom is -0.176 e. The van der Waals surface area contributed by atoms with E-state index >= 15 is 0 Å². The Bertz CT molecular complexity index is 124. The first-order valence-corrected chi connectivity index (χ1v) is 3.87. The molecular weight excluding hydrogens is 115 g/mol. The van der Waals surface area contributed by atoms with Gasteiger partial charge in [-0.3, -0.25) is 0 Å². The zero-order valence-corrected chi connectivity index (χ0v) is 6.28. The Morgan fingerprint density at radius 1 is 1.88 bits per heavy atom. The van der Waals surface area contributed by atoms with E-state index < -0.39 is 0 Å². The van der Waals surface area contributed by atoms with Crippen molar-refractivity contribution in [1.82, 2.24) is 0 Å². The van der Waals surface area contributed by atoms with Gasteiger partial charge in [-0.2, -0.15) is 12.6 Å². The fourth-order valence-corrected chi connectivity index (χ4v) is 2.27. The van der Waals surface area contributed by atoms with Crippen LogP contribution in [0.1, 0.15) is 13.8 Å². The maximum Gasteiger partial charge on any atom is 0.149 e. The van der Waals surface area contributed by atoms with Crippen LogP contribution in [0.2, 0.25) is 17.5 Å². The lowest BCUT2D eigenvalue weighted by Crippen LogP contribution is -2.11. The highest BCUT2D eigenvalue weighted by Crippen LogP contribution is 2.83. The third kappa shape index (κ3) is 0.374. The summed E-state index contributed by atoms with van der Waals surface area (Å²) >= 11 is 4.43. The average Bonchev–Trinajstić information content (AvgIpc) is 2.46. The van der Waals surface area contributed by atoms with Gasteiger partial charge in [-0.25, -0.2) is 0 Å². The van der Waals surface area contributed by atoms with Gasteiger partial charge < -0.3 is 0 Å². The fourth-order valence-electron chi connectivity index (χ4n) is 1.88. The van der Waals surface area contributed by atoms with Crippen LogP contribution in [0.25, 0.3) is 0 Å². The predicted octanol–water partition coefficient (Wildman–Crippen LogP) is 1.96. The van der Waals surface area contributed by atoms with Crippen LogP contribution in [0.5, 0.6) is 0 Å². The van der Waals surface area contributed by atoms with Gasteiger partial charge in [0, 0.05) is 0 Å². The third-order valence-electron chi connectivity index (χ3n) is 3.18. The number of fused-ring (bicyclic) bond motifs is 1. The van der Waals surface area contributed by atoms with Crippen LogP contribution in [-0.4, -0.2) is 12.0 Å². The zero-order valence-electron chi connectivity index (χ0n) is 5.39. The van der Waals surface area contributed by atoms with Crippen LogP contribution in [0.4, 0.5) is 0 Å². The molecule has 2 heterocycles. The van der Waals surface area contributed by atoms with Crippen molar-refractivity contribution in [2.45, 2.75) is 36.5 Å². The van der Waals surface area contributed by atoms with Gasteiger partial charge in [0.05, 0.1) is 0 Å². The standard InChI is InChI=1S/C6H11BS/c1-4(8)6(2)5-3-7(5)6/h4-5,8H,3H2,1-2H3. The molecule has 0 aromatic heterocycles. The van der Waals surface area contributed by atoms with Crippen LogP contribution >= 0.6 is 12.6 Å². The normalized spacial score (nSPS) is 52.9. The molecule has 2 fully saturated rings. The highest BCUT2D eigenvalue weighted by Gasteiger charge is 2.76.